The Morgan fingerprint density at radius 3 is 2.56 bits per heavy atom. The summed E-state index contributed by atoms with van der Waals surface area (Å²) in [6.07, 6.45) is 0. The first-order chi connectivity index (χ1) is 11.7. The van der Waals surface area contributed by atoms with Crippen molar-refractivity contribution in [2.24, 2.45) is 5.92 Å². The molecule has 0 radical (unpaired) electrons. The summed E-state index contributed by atoms with van der Waals surface area (Å²) in [6, 6.07) is 4.84. The molecule has 9 heteroatoms. The van der Waals surface area contributed by atoms with Crippen molar-refractivity contribution in [1.29, 1.82) is 0 Å². The van der Waals surface area contributed by atoms with Crippen LogP contribution in [-0.4, -0.2) is 31.5 Å². The van der Waals surface area contributed by atoms with Crippen LogP contribution in [0, 0.1) is 5.92 Å². The van der Waals surface area contributed by atoms with E-state index in [4.69, 9.17) is 4.74 Å². The van der Waals surface area contributed by atoms with Gasteiger partial charge in [-0.2, -0.15) is 0 Å². The van der Waals surface area contributed by atoms with Gasteiger partial charge in [-0.15, -0.1) is 10.2 Å². The average Bonchev–Trinajstić information content (AvgIpc) is 2.98. The molecule has 25 heavy (non-hydrogen) atoms. The molecule has 0 aliphatic rings. The minimum absolute atomic E-state index is 0.144. The van der Waals surface area contributed by atoms with Crippen molar-refractivity contribution in [1.82, 2.24) is 10.2 Å². The van der Waals surface area contributed by atoms with Crippen LogP contribution in [0.3, 0.4) is 0 Å². The fraction of sp³-hybridized carbons (Fsp3) is 0.500. The molecule has 1 N–H and O–H groups in total. The Morgan fingerprint density at radius 1 is 1.24 bits per heavy atom. The van der Waals surface area contributed by atoms with Crippen LogP contribution in [0.5, 0.6) is 5.75 Å². The Morgan fingerprint density at radius 2 is 1.96 bits per heavy atom. The van der Waals surface area contributed by atoms with E-state index in [0.29, 0.717) is 11.7 Å². The van der Waals surface area contributed by atoms with Gasteiger partial charge < -0.3 is 4.74 Å². The van der Waals surface area contributed by atoms with Gasteiger partial charge in [-0.25, -0.2) is 8.42 Å². The number of aromatic nitrogens is 2. The van der Waals surface area contributed by atoms with E-state index in [1.165, 1.54) is 17.4 Å². The summed E-state index contributed by atoms with van der Waals surface area (Å²) < 4.78 is 33.8. The van der Waals surface area contributed by atoms with Gasteiger partial charge in [-0.3, -0.25) is 4.72 Å². The number of rotatable bonds is 8. The molecule has 0 spiro atoms. The maximum absolute atomic E-state index is 12.6. The molecule has 0 unspecified atom stereocenters. The molecule has 0 aliphatic carbocycles. The van der Waals surface area contributed by atoms with Crippen molar-refractivity contribution in [3.8, 4) is 5.75 Å². The highest BCUT2D eigenvalue weighted by Gasteiger charge is 2.20. The lowest BCUT2D eigenvalue weighted by Crippen LogP contribution is -2.13. The molecular formula is C16H23N3O3S3. The summed E-state index contributed by atoms with van der Waals surface area (Å²) in [4.78, 5) is 0.184. The second-order valence-electron chi connectivity index (χ2n) is 6.24. The molecule has 2 rings (SSSR count). The molecule has 138 valence electrons. The van der Waals surface area contributed by atoms with Crippen molar-refractivity contribution in [2.45, 2.75) is 42.8 Å². The number of sulfonamides is 1. The largest absolute Gasteiger partial charge is 0.496 e. The highest BCUT2D eigenvalue weighted by atomic mass is 32.2. The highest BCUT2D eigenvalue weighted by Crippen LogP contribution is 2.31. The Balaban J connectivity index is 2.20. The van der Waals surface area contributed by atoms with Gasteiger partial charge >= 0.3 is 0 Å². The second-order valence-corrected chi connectivity index (χ2v) is 10.2. The van der Waals surface area contributed by atoms with E-state index in [-0.39, 0.29) is 15.9 Å². The van der Waals surface area contributed by atoms with Gasteiger partial charge in [0.25, 0.3) is 10.0 Å². The normalized spacial score (nSPS) is 12.0. The number of hydrogen-bond donors (Lipinski definition) is 1. The number of anilines is 1. The predicted octanol–water partition coefficient (Wildman–Crippen LogP) is 4.22. The third kappa shape index (κ3) is 5.32. The minimum atomic E-state index is -3.72. The van der Waals surface area contributed by atoms with Crippen molar-refractivity contribution in [3.63, 3.8) is 0 Å². The molecule has 1 heterocycles. The number of methoxy groups -OCH3 is 1. The van der Waals surface area contributed by atoms with Gasteiger partial charge in [0.2, 0.25) is 5.13 Å². The van der Waals surface area contributed by atoms with Crippen molar-refractivity contribution >= 4 is 38.3 Å². The van der Waals surface area contributed by atoms with E-state index >= 15 is 0 Å². The summed E-state index contributed by atoms with van der Waals surface area (Å²) in [7, 11) is -2.14. The van der Waals surface area contributed by atoms with Crippen LogP contribution in [0.25, 0.3) is 0 Å². The van der Waals surface area contributed by atoms with Gasteiger partial charge in [0.15, 0.2) is 4.34 Å². The minimum Gasteiger partial charge on any atom is -0.496 e. The second kappa shape index (κ2) is 8.37. The molecular weight excluding hydrogens is 378 g/mol. The number of nitrogens with one attached hydrogen (secondary N) is 1. The lowest BCUT2D eigenvalue weighted by Gasteiger charge is -2.13. The van der Waals surface area contributed by atoms with Gasteiger partial charge in [0.05, 0.1) is 12.0 Å². The molecule has 0 saturated carbocycles. The van der Waals surface area contributed by atoms with E-state index in [9.17, 15) is 8.42 Å². The van der Waals surface area contributed by atoms with Crippen LogP contribution in [0.1, 0.15) is 39.2 Å². The van der Waals surface area contributed by atoms with Crippen LogP contribution in [0.2, 0.25) is 0 Å². The molecule has 0 atom stereocenters. The van der Waals surface area contributed by atoms with Gasteiger partial charge in [-0.1, -0.05) is 50.8 Å². The number of nitrogens with zero attached hydrogens (tertiary/aromatic N) is 2. The van der Waals surface area contributed by atoms with Crippen LogP contribution < -0.4 is 9.46 Å². The zero-order chi connectivity index (χ0) is 18.6. The van der Waals surface area contributed by atoms with Crippen molar-refractivity contribution in [2.75, 3.05) is 17.6 Å². The Hall–Kier alpha value is -1.32. The highest BCUT2D eigenvalue weighted by molar-refractivity contribution is 8.01. The van der Waals surface area contributed by atoms with E-state index in [0.717, 1.165) is 15.7 Å². The van der Waals surface area contributed by atoms with Crippen molar-refractivity contribution < 1.29 is 13.2 Å². The molecule has 1 aromatic heterocycles. The van der Waals surface area contributed by atoms with Crippen LogP contribution in [0.4, 0.5) is 5.13 Å². The molecule has 0 aliphatic heterocycles. The van der Waals surface area contributed by atoms with E-state index < -0.39 is 10.0 Å². The summed E-state index contributed by atoms with van der Waals surface area (Å²) in [5.74, 6) is 2.27. The number of hydrogen-bond acceptors (Lipinski definition) is 7. The summed E-state index contributed by atoms with van der Waals surface area (Å²) >= 11 is 2.82. The summed E-state index contributed by atoms with van der Waals surface area (Å²) in [5.41, 5.74) is 0.843. The molecule has 0 saturated heterocycles. The van der Waals surface area contributed by atoms with Gasteiger partial charge in [-0.05, 0) is 35.6 Å². The monoisotopic (exact) mass is 401 g/mol. The fourth-order valence-corrected chi connectivity index (χ4v) is 5.05. The summed E-state index contributed by atoms with van der Waals surface area (Å²) in [6.45, 7) is 8.22. The molecule has 2 aromatic rings. The molecule has 0 bridgehead atoms. The van der Waals surface area contributed by atoms with Crippen molar-refractivity contribution in [3.05, 3.63) is 23.8 Å². The van der Waals surface area contributed by atoms with Gasteiger partial charge in [0, 0.05) is 5.75 Å². The third-order valence-electron chi connectivity index (χ3n) is 3.30. The molecule has 0 fully saturated rings. The summed E-state index contributed by atoms with van der Waals surface area (Å²) in [5, 5.41) is 8.22. The van der Waals surface area contributed by atoms with Crippen LogP contribution in [0.15, 0.2) is 27.4 Å². The van der Waals surface area contributed by atoms with Crippen LogP contribution in [-0.2, 0) is 10.0 Å². The SMILES string of the molecule is COc1ccc(S(=O)(=O)Nc2nnc(SCC(C)C)s2)cc1C(C)C. The quantitative estimate of drug-likeness (QED) is 0.667. The first kappa shape index (κ1) is 20.0. The van der Waals surface area contributed by atoms with Crippen LogP contribution >= 0.6 is 23.1 Å². The average molecular weight is 402 g/mol. The number of benzene rings is 1. The first-order valence-corrected chi connectivity index (χ1v) is 11.2. The lowest BCUT2D eigenvalue weighted by atomic mass is 10.0. The molecule has 0 amide bonds. The zero-order valence-corrected chi connectivity index (χ0v) is 17.4. The molecule has 6 nitrogen and oxygen atoms in total. The van der Waals surface area contributed by atoms with E-state index in [1.54, 1.807) is 31.0 Å². The third-order valence-corrected chi connectivity index (χ3v) is 7.17. The maximum Gasteiger partial charge on any atom is 0.263 e. The standard InChI is InChI=1S/C16H23N3O3S3/c1-10(2)9-23-16-18-17-15(24-16)19-25(20,21)12-6-7-14(22-5)13(8-12)11(3)4/h6-8,10-11H,9H2,1-5H3,(H,17,19). The topological polar surface area (TPSA) is 81.2 Å². The zero-order valence-electron chi connectivity index (χ0n) is 14.9. The Labute approximate surface area is 157 Å². The van der Waals surface area contributed by atoms with E-state index in [1.807, 2.05) is 13.8 Å². The smallest absolute Gasteiger partial charge is 0.263 e. The lowest BCUT2D eigenvalue weighted by molar-refractivity contribution is 0.407. The first-order valence-electron chi connectivity index (χ1n) is 7.90. The Bertz CT molecular complexity index is 817. The van der Waals surface area contributed by atoms with Gasteiger partial charge in [0.1, 0.15) is 5.75 Å². The predicted molar refractivity (Wildman–Crippen MR) is 103 cm³/mol. The Kier molecular flexibility index (Phi) is 6.70. The fourth-order valence-electron chi connectivity index (χ4n) is 2.05. The molecule has 1 aromatic carbocycles. The van der Waals surface area contributed by atoms with E-state index in [2.05, 4.69) is 28.8 Å². The number of ether oxygens (including phenoxy) is 1. The maximum atomic E-state index is 12.6. The number of thioether (sulfide) groups is 1.